The zero-order valence-electron chi connectivity index (χ0n) is 13.3. The van der Waals surface area contributed by atoms with Crippen molar-refractivity contribution in [1.82, 2.24) is 0 Å². The molecule has 4 rings (SSSR count). The van der Waals surface area contributed by atoms with Crippen LogP contribution in [0.2, 0.25) is 0 Å². The Morgan fingerprint density at radius 2 is 0.905 bits per heavy atom. The molecule has 0 N–H and O–H groups in total. The third-order valence-electron chi connectivity index (χ3n) is 3.47. The topological polar surface area (TPSA) is 36.9 Å². The van der Waals surface area contributed by atoms with E-state index in [1.54, 1.807) is 0 Å². The molecule has 21 heavy (non-hydrogen) atoms. The molecule has 0 atom stereocenters. The third-order valence-corrected chi connectivity index (χ3v) is 3.47. The number of ether oxygens (including phenoxy) is 4. The van der Waals surface area contributed by atoms with Crippen molar-refractivity contribution in [1.29, 1.82) is 0 Å². The fraction of sp³-hybridized carbons (Fsp3) is 0.750. The summed E-state index contributed by atoms with van der Waals surface area (Å²) in [6.45, 7) is 11.6. The minimum absolute atomic E-state index is 0. The molecule has 4 nitrogen and oxygen atoms in total. The van der Waals surface area contributed by atoms with Crippen molar-refractivity contribution in [2.45, 2.75) is 39.3 Å². The standard InChI is InChI=1S/2C8H11O2.Zn/c2*1-7(2)5-9-8(3-4-8)10-6-7;/h2*3H,5-6H2,1-2H3;/q2*-1;+2. The van der Waals surface area contributed by atoms with Gasteiger partial charge in [0, 0.05) is 22.4 Å². The maximum absolute atomic E-state index is 5.40. The molecule has 2 heterocycles. The molecule has 2 aliphatic carbocycles. The van der Waals surface area contributed by atoms with Gasteiger partial charge in [-0.1, -0.05) is 27.7 Å². The van der Waals surface area contributed by atoms with Crippen molar-refractivity contribution in [2.75, 3.05) is 26.4 Å². The molecular weight excluding hydrogens is 322 g/mol. The minimum Gasteiger partial charge on any atom is -0.435 e. The summed E-state index contributed by atoms with van der Waals surface area (Å²) in [6.07, 6.45) is 9.48. The van der Waals surface area contributed by atoms with E-state index in [2.05, 4.69) is 39.8 Å². The van der Waals surface area contributed by atoms with Gasteiger partial charge in [-0.15, -0.1) is 0 Å². The molecule has 4 aliphatic rings. The van der Waals surface area contributed by atoms with Crippen molar-refractivity contribution < 1.29 is 38.4 Å². The van der Waals surface area contributed by atoms with Gasteiger partial charge in [0.1, 0.15) is 0 Å². The van der Waals surface area contributed by atoms with Crippen LogP contribution in [-0.2, 0) is 38.4 Å². The van der Waals surface area contributed by atoms with Crippen molar-refractivity contribution in [3.8, 4) is 0 Å². The van der Waals surface area contributed by atoms with Gasteiger partial charge in [-0.2, -0.15) is 0 Å². The first-order chi connectivity index (χ1) is 9.24. The normalized spacial score (nSPS) is 31.0. The van der Waals surface area contributed by atoms with E-state index in [9.17, 15) is 0 Å². The van der Waals surface area contributed by atoms with Crippen LogP contribution in [0.25, 0.3) is 0 Å². The molecule has 0 aromatic heterocycles. The van der Waals surface area contributed by atoms with E-state index in [1.807, 2.05) is 12.2 Å². The van der Waals surface area contributed by atoms with E-state index in [-0.39, 0.29) is 30.3 Å². The Hall–Kier alpha value is -0.0566. The molecular formula is C16H22O4Zn. The van der Waals surface area contributed by atoms with Gasteiger partial charge in [-0.3, -0.25) is 0 Å². The van der Waals surface area contributed by atoms with Crippen molar-refractivity contribution in [3.63, 3.8) is 0 Å². The zero-order valence-corrected chi connectivity index (χ0v) is 16.3. The molecule has 112 valence electrons. The van der Waals surface area contributed by atoms with Gasteiger partial charge in [0.2, 0.25) is 0 Å². The fourth-order valence-corrected chi connectivity index (χ4v) is 1.83. The molecule has 0 aromatic carbocycles. The second-order valence-electron chi connectivity index (χ2n) is 7.40. The zero-order chi connectivity index (χ0) is 14.5. The summed E-state index contributed by atoms with van der Waals surface area (Å²) in [6, 6.07) is 0. The molecule has 2 spiro atoms. The van der Waals surface area contributed by atoms with Crippen LogP contribution in [0, 0.1) is 23.0 Å². The van der Waals surface area contributed by atoms with Gasteiger partial charge in [0.05, 0.1) is 26.4 Å². The summed E-state index contributed by atoms with van der Waals surface area (Å²) in [5.74, 6) is -0.981. The van der Waals surface area contributed by atoms with E-state index in [4.69, 9.17) is 18.9 Å². The minimum atomic E-state index is -0.491. The summed E-state index contributed by atoms with van der Waals surface area (Å²) < 4.78 is 21.6. The Labute approximate surface area is 139 Å². The average molecular weight is 344 g/mol. The first-order valence-corrected chi connectivity index (χ1v) is 7.04. The Bertz CT molecular complexity index is 363. The van der Waals surface area contributed by atoms with Gasteiger partial charge in [0.25, 0.3) is 0 Å². The Morgan fingerprint density at radius 3 is 1.10 bits per heavy atom. The molecule has 0 bridgehead atoms. The van der Waals surface area contributed by atoms with Crippen molar-refractivity contribution in [2.24, 2.45) is 10.8 Å². The molecule has 2 fully saturated rings. The molecule has 0 amide bonds. The molecule has 0 aromatic rings. The summed E-state index contributed by atoms with van der Waals surface area (Å²) >= 11 is 0. The summed E-state index contributed by atoms with van der Waals surface area (Å²) in [4.78, 5) is 0. The SMILES string of the molecule is CC1(C)COC2([C-]=C2)OC1.CC1(C)COC2([C-]=C2)OC1.[Zn+2]. The summed E-state index contributed by atoms with van der Waals surface area (Å²) in [5.41, 5.74) is 0.340. The van der Waals surface area contributed by atoms with Crippen LogP contribution in [0.15, 0.2) is 12.2 Å². The predicted octanol–water partition coefficient (Wildman–Crippen LogP) is 2.25. The summed E-state index contributed by atoms with van der Waals surface area (Å²) in [7, 11) is 0. The van der Waals surface area contributed by atoms with Crippen LogP contribution in [0.4, 0.5) is 0 Å². The van der Waals surface area contributed by atoms with Crippen molar-refractivity contribution >= 4 is 0 Å². The molecule has 0 radical (unpaired) electrons. The van der Waals surface area contributed by atoms with Crippen molar-refractivity contribution in [3.05, 3.63) is 24.3 Å². The Kier molecular flexibility index (Phi) is 4.56. The predicted molar refractivity (Wildman–Crippen MR) is 72.5 cm³/mol. The van der Waals surface area contributed by atoms with E-state index in [0.29, 0.717) is 0 Å². The molecule has 0 saturated carbocycles. The van der Waals surface area contributed by atoms with Gasteiger partial charge < -0.3 is 31.1 Å². The molecule has 5 heteroatoms. The van der Waals surface area contributed by atoms with Crippen LogP contribution in [-0.4, -0.2) is 38.0 Å². The van der Waals surface area contributed by atoms with Crippen LogP contribution in [0.5, 0.6) is 0 Å². The third kappa shape index (κ3) is 4.46. The maximum atomic E-state index is 5.40. The summed E-state index contributed by atoms with van der Waals surface area (Å²) in [5, 5.41) is 0. The van der Waals surface area contributed by atoms with Crippen LogP contribution in [0.3, 0.4) is 0 Å². The smallest absolute Gasteiger partial charge is 0.435 e. The number of hydrogen-bond donors (Lipinski definition) is 0. The number of rotatable bonds is 0. The quantitative estimate of drug-likeness (QED) is 0.499. The van der Waals surface area contributed by atoms with E-state index in [1.165, 1.54) is 0 Å². The number of hydrogen-bond acceptors (Lipinski definition) is 4. The van der Waals surface area contributed by atoms with Gasteiger partial charge in [-0.25, -0.2) is 12.2 Å². The van der Waals surface area contributed by atoms with Crippen LogP contribution < -0.4 is 0 Å². The molecule has 2 aliphatic heterocycles. The monoisotopic (exact) mass is 342 g/mol. The van der Waals surface area contributed by atoms with E-state index in [0.717, 1.165) is 26.4 Å². The first-order valence-electron chi connectivity index (χ1n) is 7.04. The van der Waals surface area contributed by atoms with Crippen LogP contribution >= 0.6 is 0 Å². The van der Waals surface area contributed by atoms with E-state index < -0.39 is 11.6 Å². The van der Waals surface area contributed by atoms with E-state index >= 15 is 0 Å². The van der Waals surface area contributed by atoms with Gasteiger partial charge in [0.15, 0.2) is 0 Å². The Balaban J connectivity index is 0.000000147. The second kappa shape index (κ2) is 5.54. The average Bonchev–Trinajstić information content (AvgIpc) is 3.29. The maximum Gasteiger partial charge on any atom is 2.00 e. The first kappa shape index (κ1) is 17.3. The van der Waals surface area contributed by atoms with Gasteiger partial charge in [-0.05, 0) is 0 Å². The fourth-order valence-electron chi connectivity index (χ4n) is 1.83. The largest absolute Gasteiger partial charge is 2.00 e. The second-order valence-corrected chi connectivity index (χ2v) is 7.40. The molecule has 0 unspecified atom stereocenters. The van der Waals surface area contributed by atoms with Gasteiger partial charge >= 0.3 is 19.5 Å². The molecule has 2 saturated heterocycles. The Morgan fingerprint density at radius 1 is 0.667 bits per heavy atom. The van der Waals surface area contributed by atoms with Crippen LogP contribution in [0.1, 0.15) is 27.7 Å².